The smallest absolute Gasteiger partial charge is 0.335 e. The van der Waals surface area contributed by atoms with Crippen LogP contribution < -0.4 is 0 Å². The highest BCUT2D eigenvalue weighted by Gasteiger charge is 2.52. The molecule has 2 saturated heterocycles. The highest BCUT2D eigenvalue weighted by molar-refractivity contribution is 5.76. The third kappa shape index (κ3) is 5.12. The van der Waals surface area contributed by atoms with Gasteiger partial charge in [-0.2, -0.15) is 0 Å². The fraction of sp³-hybridized carbons (Fsp3) is 0.941. The van der Waals surface area contributed by atoms with Crippen LogP contribution in [0.25, 0.3) is 0 Å². The molecular weight excluding hydrogens is 332 g/mol. The van der Waals surface area contributed by atoms with Crippen molar-refractivity contribution in [3.8, 4) is 0 Å². The molecule has 1 N–H and O–H groups in total. The van der Waals surface area contributed by atoms with Crippen LogP contribution in [-0.2, 0) is 33.2 Å². The summed E-state index contributed by atoms with van der Waals surface area (Å²) in [6.45, 7) is 13.1. The molecule has 2 rings (SSSR count). The molecule has 0 saturated carbocycles. The Labute approximate surface area is 148 Å². The maximum Gasteiger partial charge on any atom is 0.335 e. The Morgan fingerprint density at radius 1 is 0.840 bits per heavy atom. The Kier molecular flexibility index (Phi) is 5.29. The molecule has 0 aromatic heterocycles. The van der Waals surface area contributed by atoms with Crippen LogP contribution in [0.15, 0.2) is 0 Å². The molecule has 1 spiro atoms. The van der Waals surface area contributed by atoms with Crippen molar-refractivity contribution in [3.63, 3.8) is 0 Å². The van der Waals surface area contributed by atoms with Crippen molar-refractivity contribution in [2.75, 3.05) is 26.4 Å². The summed E-state index contributed by atoms with van der Waals surface area (Å²) in [4.78, 5) is 11.2. The number of aliphatic carboxylic acids is 1. The third-order valence-corrected chi connectivity index (χ3v) is 4.01. The molecule has 0 aromatic carbocycles. The summed E-state index contributed by atoms with van der Waals surface area (Å²) in [5, 5.41) is 9.19. The van der Waals surface area contributed by atoms with Gasteiger partial charge in [0.05, 0.1) is 37.4 Å². The molecule has 0 radical (unpaired) electrons. The van der Waals surface area contributed by atoms with Gasteiger partial charge >= 0.3 is 5.97 Å². The SMILES string of the molecule is CC(C)(C)OC1(C)OCC2(CO1)COC(C)(OC(C)(C)C(=O)O)OC2. The molecule has 2 aliphatic heterocycles. The van der Waals surface area contributed by atoms with Gasteiger partial charge in [0.1, 0.15) is 0 Å². The number of carboxylic acid groups (broad SMARTS) is 1. The minimum atomic E-state index is -1.43. The largest absolute Gasteiger partial charge is 0.479 e. The molecule has 8 heteroatoms. The number of carbonyl (C=O) groups is 1. The average Bonchev–Trinajstić information content (AvgIpc) is 2.43. The second-order valence-corrected chi connectivity index (χ2v) is 8.51. The van der Waals surface area contributed by atoms with Gasteiger partial charge in [0, 0.05) is 13.8 Å². The summed E-state index contributed by atoms with van der Waals surface area (Å²) in [6, 6.07) is 0. The minimum absolute atomic E-state index is 0.255. The summed E-state index contributed by atoms with van der Waals surface area (Å²) in [6.07, 6.45) is 0. The summed E-state index contributed by atoms with van der Waals surface area (Å²) in [7, 11) is 0. The van der Waals surface area contributed by atoms with Crippen LogP contribution in [0.5, 0.6) is 0 Å². The Bertz CT molecular complexity index is 489. The molecule has 25 heavy (non-hydrogen) atoms. The fourth-order valence-corrected chi connectivity index (χ4v) is 2.65. The minimum Gasteiger partial charge on any atom is -0.479 e. The van der Waals surface area contributed by atoms with Gasteiger partial charge < -0.3 is 33.5 Å². The lowest BCUT2D eigenvalue weighted by Crippen LogP contribution is -2.60. The van der Waals surface area contributed by atoms with Crippen molar-refractivity contribution in [1.82, 2.24) is 0 Å². The number of rotatable bonds is 4. The van der Waals surface area contributed by atoms with Crippen LogP contribution in [0.2, 0.25) is 0 Å². The molecular formula is C17H30O8. The number of carboxylic acids is 1. The second-order valence-electron chi connectivity index (χ2n) is 8.51. The van der Waals surface area contributed by atoms with Crippen LogP contribution in [0.3, 0.4) is 0 Å². The molecule has 0 amide bonds. The van der Waals surface area contributed by atoms with Crippen molar-refractivity contribution in [2.24, 2.45) is 5.41 Å². The van der Waals surface area contributed by atoms with Gasteiger partial charge in [-0.05, 0) is 34.6 Å². The van der Waals surface area contributed by atoms with E-state index in [0.717, 1.165) is 0 Å². The first-order chi connectivity index (χ1) is 11.2. The topological polar surface area (TPSA) is 92.7 Å². The van der Waals surface area contributed by atoms with Crippen molar-refractivity contribution in [3.05, 3.63) is 0 Å². The molecule has 0 bridgehead atoms. The lowest BCUT2D eigenvalue weighted by molar-refractivity contribution is -0.471. The zero-order valence-corrected chi connectivity index (χ0v) is 16.1. The van der Waals surface area contributed by atoms with E-state index in [1.807, 2.05) is 20.8 Å². The Morgan fingerprint density at radius 2 is 1.20 bits per heavy atom. The highest BCUT2D eigenvalue weighted by Crippen LogP contribution is 2.39. The normalized spacial score (nSPS) is 37.2. The zero-order chi connectivity index (χ0) is 19.1. The summed E-state index contributed by atoms with van der Waals surface area (Å²) < 4.78 is 34.4. The monoisotopic (exact) mass is 362 g/mol. The molecule has 8 nitrogen and oxygen atoms in total. The first-order valence-corrected chi connectivity index (χ1v) is 8.38. The molecule has 2 fully saturated rings. The maximum atomic E-state index is 11.2. The fourth-order valence-electron chi connectivity index (χ4n) is 2.65. The predicted octanol–water partition coefficient (Wildman–Crippen LogP) is 2.11. The number of hydrogen-bond acceptors (Lipinski definition) is 7. The van der Waals surface area contributed by atoms with Gasteiger partial charge in [0.2, 0.25) is 0 Å². The van der Waals surface area contributed by atoms with Gasteiger partial charge in [-0.25, -0.2) is 4.79 Å². The third-order valence-electron chi connectivity index (χ3n) is 4.01. The van der Waals surface area contributed by atoms with E-state index in [1.54, 1.807) is 13.8 Å². The molecule has 146 valence electrons. The van der Waals surface area contributed by atoms with E-state index in [9.17, 15) is 9.90 Å². The molecule has 0 unspecified atom stereocenters. The van der Waals surface area contributed by atoms with E-state index in [4.69, 9.17) is 28.4 Å². The molecule has 0 atom stereocenters. The first kappa shape index (κ1) is 20.5. The lowest BCUT2D eigenvalue weighted by atomic mass is 9.90. The van der Waals surface area contributed by atoms with Crippen LogP contribution in [0, 0.1) is 5.41 Å². The molecule has 2 aliphatic rings. The van der Waals surface area contributed by atoms with Crippen molar-refractivity contribution in [1.29, 1.82) is 0 Å². The van der Waals surface area contributed by atoms with Crippen molar-refractivity contribution < 1.29 is 38.3 Å². The quantitative estimate of drug-likeness (QED) is 0.813. The van der Waals surface area contributed by atoms with E-state index in [0.29, 0.717) is 13.2 Å². The Hall–Kier alpha value is -0.770. The van der Waals surface area contributed by atoms with Gasteiger partial charge in [0.15, 0.2) is 5.60 Å². The van der Waals surface area contributed by atoms with Gasteiger partial charge in [-0.15, -0.1) is 0 Å². The van der Waals surface area contributed by atoms with Gasteiger partial charge in [-0.1, -0.05) is 0 Å². The van der Waals surface area contributed by atoms with Crippen molar-refractivity contribution >= 4 is 5.97 Å². The highest BCUT2D eigenvalue weighted by atomic mass is 16.9. The first-order valence-electron chi connectivity index (χ1n) is 8.38. The summed E-state index contributed by atoms with van der Waals surface area (Å²) in [5.74, 6) is -3.65. The second kappa shape index (κ2) is 6.44. The van der Waals surface area contributed by atoms with Crippen LogP contribution >= 0.6 is 0 Å². The Balaban J connectivity index is 1.93. The number of hydrogen-bond donors (Lipinski definition) is 1. The molecule has 2 heterocycles. The zero-order valence-electron chi connectivity index (χ0n) is 16.1. The van der Waals surface area contributed by atoms with Crippen molar-refractivity contribution in [2.45, 2.75) is 71.6 Å². The summed E-state index contributed by atoms with van der Waals surface area (Å²) in [5.41, 5.74) is -2.33. The lowest BCUT2D eigenvalue weighted by Gasteiger charge is -2.50. The van der Waals surface area contributed by atoms with Gasteiger partial charge in [-0.3, -0.25) is 0 Å². The molecule has 0 aromatic rings. The van der Waals surface area contributed by atoms with E-state index >= 15 is 0 Å². The van der Waals surface area contributed by atoms with E-state index in [1.165, 1.54) is 13.8 Å². The van der Waals surface area contributed by atoms with Crippen LogP contribution in [0.1, 0.15) is 48.5 Å². The van der Waals surface area contributed by atoms with E-state index in [-0.39, 0.29) is 13.2 Å². The molecule has 0 aliphatic carbocycles. The van der Waals surface area contributed by atoms with E-state index in [2.05, 4.69) is 0 Å². The number of ether oxygens (including phenoxy) is 6. The summed E-state index contributed by atoms with van der Waals surface area (Å²) >= 11 is 0. The van der Waals surface area contributed by atoms with Crippen LogP contribution in [-0.4, -0.2) is 60.7 Å². The maximum absolute atomic E-state index is 11.2. The predicted molar refractivity (Wildman–Crippen MR) is 86.7 cm³/mol. The van der Waals surface area contributed by atoms with Gasteiger partial charge in [0.25, 0.3) is 11.9 Å². The van der Waals surface area contributed by atoms with E-state index < -0.39 is 34.5 Å². The van der Waals surface area contributed by atoms with Crippen LogP contribution in [0.4, 0.5) is 0 Å². The standard InChI is InChI=1S/C17H30O8/c1-13(2,3)24-15(6)20-8-17(9-21-15)10-22-16(7,23-11-17)25-14(4,5)12(18)19/h8-11H2,1-7H3,(H,18,19). The Morgan fingerprint density at radius 3 is 1.52 bits per heavy atom. The average molecular weight is 362 g/mol.